The maximum atomic E-state index is 14.4. The molecule has 1 N–H and O–H groups in total. The molecular weight excluding hydrogens is 319 g/mol. The van der Waals surface area contributed by atoms with Gasteiger partial charge in [0, 0.05) is 17.3 Å². The Hall–Kier alpha value is -2.95. The fourth-order valence-corrected chi connectivity index (χ4v) is 2.83. The second-order valence-corrected chi connectivity index (χ2v) is 6.23. The molecule has 0 fully saturated rings. The van der Waals surface area contributed by atoms with E-state index in [9.17, 15) is 9.18 Å². The Morgan fingerprint density at radius 2 is 1.88 bits per heavy atom. The van der Waals surface area contributed by atoms with Crippen LogP contribution in [-0.2, 0) is 6.54 Å². The van der Waals surface area contributed by atoms with Crippen molar-refractivity contribution in [1.29, 1.82) is 0 Å². The maximum Gasteiger partial charge on any atom is 0.338 e. The number of halogens is 1. The van der Waals surface area contributed by atoms with E-state index in [1.807, 2.05) is 36.5 Å². The van der Waals surface area contributed by atoms with E-state index in [1.165, 1.54) is 6.07 Å². The van der Waals surface area contributed by atoms with Gasteiger partial charge in [-0.15, -0.1) is 0 Å². The molecule has 1 aromatic heterocycles. The third kappa shape index (κ3) is 3.45. The summed E-state index contributed by atoms with van der Waals surface area (Å²) in [6, 6.07) is 14.3. The molecule has 128 valence electrons. The second-order valence-electron chi connectivity index (χ2n) is 6.23. The van der Waals surface area contributed by atoms with Crippen LogP contribution in [0.4, 0.5) is 4.39 Å². The minimum absolute atomic E-state index is 0.180. The first-order valence-corrected chi connectivity index (χ1v) is 8.11. The predicted octanol–water partition coefficient (Wildman–Crippen LogP) is 4.56. The van der Waals surface area contributed by atoms with Crippen LogP contribution < -0.4 is 0 Å². The Labute approximate surface area is 145 Å². The van der Waals surface area contributed by atoms with Gasteiger partial charge in [0.15, 0.2) is 0 Å². The minimum atomic E-state index is -1.27. The summed E-state index contributed by atoms with van der Waals surface area (Å²) >= 11 is 0. The maximum absolute atomic E-state index is 14.4. The van der Waals surface area contributed by atoms with Gasteiger partial charge in [0.05, 0.1) is 17.8 Å². The van der Waals surface area contributed by atoms with Gasteiger partial charge in [0.1, 0.15) is 5.82 Å². The monoisotopic (exact) mass is 338 g/mol. The first kappa shape index (κ1) is 16.9. The summed E-state index contributed by atoms with van der Waals surface area (Å²) in [5, 5.41) is 13.7. The van der Waals surface area contributed by atoms with Gasteiger partial charge < -0.3 is 5.11 Å². The van der Waals surface area contributed by atoms with Gasteiger partial charge in [-0.25, -0.2) is 9.18 Å². The predicted molar refractivity (Wildman–Crippen MR) is 94.2 cm³/mol. The van der Waals surface area contributed by atoms with Crippen LogP contribution in [0.1, 0.15) is 41.4 Å². The average Bonchev–Trinajstić information content (AvgIpc) is 3.01. The van der Waals surface area contributed by atoms with Crippen molar-refractivity contribution in [3.05, 3.63) is 77.4 Å². The van der Waals surface area contributed by atoms with Crippen molar-refractivity contribution in [2.75, 3.05) is 0 Å². The molecule has 0 aliphatic heterocycles. The molecule has 0 aliphatic carbocycles. The van der Waals surface area contributed by atoms with Gasteiger partial charge in [-0.2, -0.15) is 5.10 Å². The molecule has 4 nitrogen and oxygen atoms in total. The highest BCUT2D eigenvalue weighted by atomic mass is 19.1. The molecule has 25 heavy (non-hydrogen) atoms. The van der Waals surface area contributed by atoms with E-state index in [0.717, 1.165) is 16.8 Å². The molecule has 3 rings (SSSR count). The van der Waals surface area contributed by atoms with Gasteiger partial charge in [-0.3, -0.25) is 4.68 Å². The van der Waals surface area contributed by atoms with Crippen molar-refractivity contribution in [2.45, 2.75) is 26.3 Å². The van der Waals surface area contributed by atoms with E-state index in [2.05, 4.69) is 18.9 Å². The van der Waals surface area contributed by atoms with Gasteiger partial charge >= 0.3 is 5.97 Å². The summed E-state index contributed by atoms with van der Waals surface area (Å²) in [6.45, 7) is 4.30. The second kappa shape index (κ2) is 6.89. The van der Waals surface area contributed by atoms with E-state index >= 15 is 0 Å². The molecule has 0 aliphatic rings. The summed E-state index contributed by atoms with van der Waals surface area (Å²) < 4.78 is 16.0. The number of carboxylic acid groups (broad SMARTS) is 1. The fourth-order valence-electron chi connectivity index (χ4n) is 2.83. The van der Waals surface area contributed by atoms with Crippen molar-refractivity contribution < 1.29 is 14.3 Å². The van der Waals surface area contributed by atoms with Gasteiger partial charge in [-0.1, -0.05) is 56.3 Å². The summed E-state index contributed by atoms with van der Waals surface area (Å²) in [4.78, 5) is 11.1. The Kier molecular flexibility index (Phi) is 4.65. The lowest BCUT2D eigenvalue weighted by atomic mass is 10.0. The summed E-state index contributed by atoms with van der Waals surface area (Å²) in [5.41, 5.74) is 2.97. The summed E-state index contributed by atoms with van der Waals surface area (Å²) in [7, 11) is 0. The molecule has 0 radical (unpaired) electrons. The molecule has 0 atom stereocenters. The highest BCUT2D eigenvalue weighted by Gasteiger charge is 2.17. The van der Waals surface area contributed by atoms with E-state index in [0.29, 0.717) is 5.56 Å². The first-order chi connectivity index (χ1) is 12.0. The molecule has 1 heterocycles. The zero-order valence-corrected chi connectivity index (χ0v) is 14.1. The number of benzene rings is 2. The number of nitrogens with zero attached hydrogens (tertiary/aromatic N) is 2. The van der Waals surface area contributed by atoms with Gasteiger partial charge in [-0.05, 0) is 17.5 Å². The summed E-state index contributed by atoms with van der Waals surface area (Å²) in [5.74, 6) is -1.77. The zero-order valence-electron chi connectivity index (χ0n) is 14.1. The third-order valence-electron chi connectivity index (χ3n) is 4.06. The molecule has 0 saturated heterocycles. The molecule has 0 amide bonds. The highest BCUT2D eigenvalue weighted by Crippen LogP contribution is 2.28. The van der Waals surface area contributed by atoms with Crippen LogP contribution in [0, 0.1) is 5.82 Å². The number of hydrogen-bond donors (Lipinski definition) is 1. The normalized spacial score (nSPS) is 11.0. The van der Waals surface area contributed by atoms with Crippen LogP contribution in [0.2, 0.25) is 0 Å². The molecule has 0 saturated carbocycles. The number of carbonyl (C=O) groups is 1. The number of carboxylic acids is 1. The van der Waals surface area contributed by atoms with Crippen LogP contribution in [0.25, 0.3) is 11.1 Å². The highest BCUT2D eigenvalue weighted by molar-refractivity contribution is 5.88. The van der Waals surface area contributed by atoms with E-state index in [-0.39, 0.29) is 18.0 Å². The Balaban J connectivity index is 2.00. The van der Waals surface area contributed by atoms with Crippen molar-refractivity contribution in [2.24, 2.45) is 0 Å². The lowest BCUT2D eigenvalue weighted by Gasteiger charge is -2.06. The van der Waals surface area contributed by atoms with Crippen LogP contribution >= 0.6 is 0 Å². The van der Waals surface area contributed by atoms with Crippen LogP contribution in [0.5, 0.6) is 0 Å². The molecule has 2 aromatic carbocycles. The smallest absolute Gasteiger partial charge is 0.338 e. The number of rotatable bonds is 5. The van der Waals surface area contributed by atoms with E-state index < -0.39 is 11.8 Å². The fraction of sp³-hybridized carbons (Fsp3) is 0.200. The topological polar surface area (TPSA) is 55.1 Å². The molecular formula is C20H19FN2O2. The Morgan fingerprint density at radius 3 is 2.52 bits per heavy atom. The van der Waals surface area contributed by atoms with Crippen LogP contribution in [0.15, 0.2) is 54.7 Å². The lowest BCUT2D eigenvalue weighted by molar-refractivity contribution is 0.0691. The first-order valence-electron chi connectivity index (χ1n) is 8.11. The quantitative estimate of drug-likeness (QED) is 0.742. The van der Waals surface area contributed by atoms with Gasteiger partial charge in [0.25, 0.3) is 0 Å². The molecule has 0 bridgehead atoms. The van der Waals surface area contributed by atoms with Crippen molar-refractivity contribution in [3.8, 4) is 11.1 Å². The van der Waals surface area contributed by atoms with E-state index in [1.54, 1.807) is 16.8 Å². The molecule has 0 spiro atoms. The van der Waals surface area contributed by atoms with Crippen molar-refractivity contribution in [1.82, 2.24) is 9.78 Å². The molecule has 0 unspecified atom stereocenters. The number of hydrogen-bond acceptors (Lipinski definition) is 2. The Bertz CT molecular complexity index is 901. The molecule has 3 aromatic rings. The van der Waals surface area contributed by atoms with E-state index in [4.69, 9.17) is 5.11 Å². The third-order valence-corrected chi connectivity index (χ3v) is 4.06. The van der Waals surface area contributed by atoms with Crippen molar-refractivity contribution in [3.63, 3.8) is 0 Å². The Morgan fingerprint density at radius 1 is 1.16 bits per heavy atom. The lowest BCUT2D eigenvalue weighted by Crippen LogP contribution is -2.08. The van der Waals surface area contributed by atoms with Crippen LogP contribution in [-0.4, -0.2) is 20.9 Å². The van der Waals surface area contributed by atoms with Crippen LogP contribution in [0.3, 0.4) is 0 Å². The average molecular weight is 338 g/mol. The standard InChI is InChI=1S/C20H19FN2O2/c1-13(2)19-17(14-7-4-3-5-8-14)12-23(22-19)11-15-9-6-10-16(18(15)21)20(24)25/h3-10,12-13H,11H2,1-2H3,(H,24,25). The minimum Gasteiger partial charge on any atom is -0.478 e. The SMILES string of the molecule is CC(C)c1nn(Cc2cccc(C(=O)O)c2F)cc1-c1ccccc1. The summed E-state index contributed by atoms with van der Waals surface area (Å²) in [6.07, 6.45) is 1.89. The molecule has 5 heteroatoms. The van der Waals surface area contributed by atoms with Crippen molar-refractivity contribution >= 4 is 5.97 Å². The van der Waals surface area contributed by atoms with Gasteiger partial charge in [0.2, 0.25) is 0 Å². The largest absolute Gasteiger partial charge is 0.478 e. The number of aromatic carboxylic acids is 1. The zero-order chi connectivity index (χ0) is 18.0. The number of aromatic nitrogens is 2.